The van der Waals surface area contributed by atoms with Crippen molar-refractivity contribution < 1.29 is 18.7 Å². The Morgan fingerprint density at radius 3 is 2.65 bits per heavy atom. The van der Waals surface area contributed by atoms with E-state index in [1.54, 1.807) is 31.4 Å². The first kappa shape index (κ1) is 16.4. The van der Waals surface area contributed by atoms with Crippen LogP contribution in [0.4, 0.5) is 0 Å². The first-order chi connectivity index (χ1) is 12.6. The Morgan fingerprint density at radius 2 is 1.88 bits per heavy atom. The summed E-state index contributed by atoms with van der Waals surface area (Å²) in [6, 6.07) is 14.4. The van der Waals surface area contributed by atoms with Crippen molar-refractivity contribution in [2.24, 2.45) is 0 Å². The maximum Gasteiger partial charge on any atom is 0.337 e. The van der Waals surface area contributed by atoms with Gasteiger partial charge in [-0.25, -0.2) is 9.78 Å². The van der Waals surface area contributed by atoms with Crippen molar-refractivity contribution in [3.05, 3.63) is 59.1 Å². The van der Waals surface area contributed by atoms with Crippen molar-refractivity contribution in [2.75, 3.05) is 14.2 Å². The summed E-state index contributed by atoms with van der Waals surface area (Å²) in [5.41, 5.74) is 2.39. The normalized spacial score (nSPS) is 11.0. The van der Waals surface area contributed by atoms with Crippen LogP contribution < -0.4 is 4.74 Å². The van der Waals surface area contributed by atoms with Crippen molar-refractivity contribution in [1.82, 2.24) is 4.98 Å². The van der Waals surface area contributed by atoms with Crippen molar-refractivity contribution in [3.8, 4) is 17.2 Å². The molecule has 2 aromatic heterocycles. The number of aromatic nitrogens is 1. The second kappa shape index (κ2) is 6.35. The molecule has 0 atom stereocenters. The highest BCUT2D eigenvalue weighted by Crippen LogP contribution is 2.40. The molecule has 0 unspecified atom stereocenters. The van der Waals surface area contributed by atoms with Crippen molar-refractivity contribution in [3.63, 3.8) is 0 Å². The summed E-state index contributed by atoms with van der Waals surface area (Å²) in [5, 5.41) is 2.26. The summed E-state index contributed by atoms with van der Waals surface area (Å²) in [6.45, 7) is 0. The van der Waals surface area contributed by atoms with Gasteiger partial charge < -0.3 is 13.9 Å². The van der Waals surface area contributed by atoms with E-state index in [2.05, 4.69) is 4.98 Å². The Kier molecular flexibility index (Phi) is 4.01. The van der Waals surface area contributed by atoms with Crippen LogP contribution in [0, 0.1) is 0 Å². The fraction of sp³-hybridized carbons (Fsp3) is 0.100. The van der Waals surface area contributed by atoms with Gasteiger partial charge in [-0.05, 0) is 36.4 Å². The molecule has 4 rings (SSSR count). The molecule has 0 spiro atoms. The molecule has 2 heterocycles. The van der Waals surface area contributed by atoms with E-state index in [9.17, 15) is 4.79 Å². The number of esters is 1. The molecular weight excluding hydrogens is 354 g/mol. The van der Waals surface area contributed by atoms with E-state index in [1.807, 2.05) is 24.3 Å². The Hall–Kier alpha value is -3.05. The van der Waals surface area contributed by atoms with Gasteiger partial charge in [0.1, 0.15) is 11.3 Å². The fourth-order valence-corrected chi connectivity index (χ4v) is 3.07. The standard InChI is InChI=1S/C20H14ClNO4/c1-24-18-14-9-12(20(23)25-2)5-8-17(14)26-19(18)15-7-4-11-3-6-13(21)10-16(11)22-15/h3-10H,1-2H3. The molecule has 0 aliphatic rings. The summed E-state index contributed by atoms with van der Waals surface area (Å²) in [6.07, 6.45) is 0. The number of carbonyl (C=O) groups excluding carboxylic acids is 1. The van der Waals surface area contributed by atoms with Crippen LogP contribution in [0.15, 0.2) is 52.9 Å². The highest BCUT2D eigenvalue weighted by atomic mass is 35.5. The van der Waals surface area contributed by atoms with Gasteiger partial charge in [0.05, 0.1) is 30.7 Å². The van der Waals surface area contributed by atoms with E-state index in [1.165, 1.54) is 7.11 Å². The monoisotopic (exact) mass is 367 g/mol. The average Bonchev–Trinajstić information content (AvgIpc) is 3.04. The minimum atomic E-state index is -0.421. The van der Waals surface area contributed by atoms with Crippen LogP contribution in [-0.2, 0) is 4.74 Å². The smallest absolute Gasteiger partial charge is 0.337 e. The van der Waals surface area contributed by atoms with Gasteiger partial charge in [0.25, 0.3) is 0 Å². The Bertz CT molecular complexity index is 1150. The molecule has 0 N–H and O–H groups in total. The minimum absolute atomic E-state index is 0.420. The van der Waals surface area contributed by atoms with Crippen LogP contribution in [0.2, 0.25) is 5.02 Å². The van der Waals surface area contributed by atoms with Gasteiger partial charge >= 0.3 is 5.97 Å². The predicted octanol–water partition coefficient (Wildman–Crippen LogP) is 5.10. The zero-order valence-corrected chi connectivity index (χ0v) is 14.8. The zero-order chi connectivity index (χ0) is 18.3. The van der Waals surface area contributed by atoms with Crippen LogP contribution in [0.3, 0.4) is 0 Å². The first-order valence-electron chi connectivity index (χ1n) is 7.86. The number of furan rings is 1. The van der Waals surface area contributed by atoms with Crippen molar-refractivity contribution in [2.45, 2.75) is 0 Å². The molecule has 0 bridgehead atoms. The number of nitrogens with zero attached hydrogens (tertiary/aromatic N) is 1. The molecular formula is C20H14ClNO4. The molecule has 0 amide bonds. The third-order valence-corrected chi connectivity index (χ3v) is 4.39. The lowest BCUT2D eigenvalue weighted by Crippen LogP contribution is -2.00. The lowest BCUT2D eigenvalue weighted by Gasteiger charge is -2.04. The molecule has 2 aromatic carbocycles. The number of halogens is 1. The van der Waals surface area contributed by atoms with E-state index in [-0.39, 0.29) is 0 Å². The number of fused-ring (bicyclic) bond motifs is 2. The number of benzene rings is 2. The highest BCUT2D eigenvalue weighted by molar-refractivity contribution is 6.31. The Morgan fingerprint density at radius 1 is 1.08 bits per heavy atom. The quantitative estimate of drug-likeness (QED) is 0.471. The van der Waals surface area contributed by atoms with Crippen molar-refractivity contribution >= 4 is 39.4 Å². The summed E-state index contributed by atoms with van der Waals surface area (Å²) in [5.74, 6) is 0.584. The van der Waals surface area contributed by atoms with Crippen LogP contribution in [0.25, 0.3) is 33.3 Å². The van der Waals surface area contributed by atoms with E-state index in [4.69, 9.17) is 25.5 Å². The molecule has 5 nitrogen and oxygen atoms in total. The number of hydrogen-bond acceptors (Lipinski definition) is 5. The van der Waals surface area contributed by atoms with Crippen molar-refractivity contribution in [1.29, 1.82) is 0 Å². The molecule has 0 aliphatic heterocycles. The number of pyridine rings is 1. The summed E-state index contributed by atoms with van der Waals surface area (Å²) in [7, 11) is 2.89. The summed E-state index contributed by atoms with van der Waals surface area (Å²) < 4.78 is 16.3. The maximum absolute atomic E-state index is 11.8. The van der Waals surface area contributed by atoms with E-state index >= 15 is 0 Å². The average molecular weight is 368 g/mol. The number of methoxy groups -OCH3 is 2. The minimum Gasteiger partial charge on any atom is -0.492 e. The molecule has 6 heteroatoms. The number of ether oxygens (including phenoxy) is 2. The lowest BCUT2D eigenvalue weighted by atomic mass is 10.1. The molecule has 0 fully saturated rings. The van der Waals surface area contributed by atoms with Gasteiger partial charge in [0.15, 0.2) is 11.5 Å². The summed E-state index contributed by atoms with van der Waals surface area (Å²) >= 11 is 6.07. The molecule has 26 heavy (non-hydrogen) atoms. The van der Waals surface area contributed by atoms with Crippen LogP contribution >= 0.6 is 11.6 Å². The third kappa shape index (κ3) is 2.66. The van der Waals surface area contributed by atoms with Gasteiger partial charge in [-0.15, -0.1) is 0 Å². The second-order valence-corrected chi connectivity index (χ2v) is 6.14. The fourth-order valence-electron chi connectivity index (χ4n) is 2.91. The van der Waals surface area contributed by atoms with Gasteiger partial charge in [0, 0.05) is 10.4 Å². The van der Waals surface area contributed by atoms with E-state index < -0.39 is 5.97 Å². The first-order valence-corrected chi connectivity index (χ1v) is 8.24. The Balaban J connectivity index is 1.92. The zero-order valence-electron chi connectivity index (χ0n) is 14.1. The van der Waals surface area contributed by atoms with Gasteiger partial charge in [-0.1, -0.05) is 23.7 Å². The van der Waals surface area contributed by atoms with Gasteiger partial charge in [0.2, 0.25) is 0 Å². The van der Waals surface area contributed by atoms with Gasteiger partial charge in [-0.3, -0.25) is 0 Å². The van der Waals surface area contributed by atoms with Gasteiger partial charge in [-0.2, -0.15) is 0 Å². The predicted molar refractivity (Wildman–Crippen MR) is 99.9 cm³/mol. The van der Waals surface area contributed by atoms with E-state index in [0.717, 1.165) is 10.9 Å². The molecule has 0 saturated heterocycles. The molecule has 0 radical (unpaired) electrons. The van der Waals surface area contributed by atoms with Crippen LogP contribution in [-0.4, -0.2) is 25.2 Å². The molecule has 0 saturated carbocycles. The highest BCUT2D eigenvalue weighted by Gasteiger charge is 2.20. The second-order valence-electron chi connectivity index (χ2n) is 5.70. The number of rotatable bonds is 3. The van der Waals surface area contributed by atoms with Crippen LogP contribution in [0.5, 0.6) is 5.75 Å². The summed E-state index contributed by atoms with van der Waals surface area (Å²) in [4.78, 5) is 16.4. The molecule has 0 aliphatic carbocycles. The topological polar surface area (TPSA) is 61.6 Å². The molecule has 130 valence electrons. The SMILES string of the molecule is COC(=O)c1ccc2oc(-c3ccc4ccc(Cl)cc4n3)c(OC)c2c1. The lowest BCUT2D eigenvalue weighted by molar-refractivity contribution is 0.0601. The van der Waals surface area contributed by atoms with Crippen LogP contribution in [0.1, 0.15) is 10.4 Å². The largest absolute Gasteiger partial charge is 0.492 e. The molecule has 4 aromatic rings. The van der Waals surface area contributed by atoms with E-state index in [0.29, 0.717) is 38.8 Å². The number of hydrogen-bond donors (Lipinski definition) is 0. The number of carbonyl (C=O) groups is 1. The maximum atomic E-state index is 11.8. The Labute approximate surface area is 154 Å². The third-order valence-electron chi connectivity index (χ3n) is 4.15.